The first-order valence-electron chi connectivity index (χ1n) is 5.27. The van der Waals surface area contributed by atoms with E-state index in [-0.39, 0.29) is 0 Å². The fraction of sp³-hybridized carbons (Fsp3) is 0.300. The van der Waals surface area contributed by atoms with Crippen molar-refractivity contribution in [1.29, 1.82) is 0 Å². The Bertz CT molecular complexity index is 470. The van der Waals surface area contributed by atoms with Gasteiger partial charge in [-0.25, -0.2) is 4.98 Å². The van der Waals surface area contributed by atoms with Crippen molar-refractivity contribution in [3.63, 3.8) is 0 Å². The van der Waals surface area contributed by atoms with E-state index in [9.17, 15) is 0 Å². The number of ether oxygens (including phenoxy) is 1. The first-order valence-corrected chi connectivity index (χ1v) is 5.27. The predicted octanol–water partition coefficient (Wildman–Crippen LogP) is 0.793. The van der Waals surface area contributed by atoms with Gasteiger partial charge in [0.05, 0.1) is 18.8 Å². The Kier molecular flexibility index (Phi) is 3.39. The van der Waals surface area contributed by atoms with Crippen LogP contribution >= 0.6 is 0 Å². The van der Waals surface area contributed by atoms with E-state index in [2.05, 4.69) is 25.5 Å². The lowest BCUT2D eigenvalue weighted by molar-refractivity contribution is 0.329. The molecule has 0 fully saturated rings. The zero-order chi connectivity index (χ0) is 12.1. The van der Waals surface area contributed by atoms with Crippen LogP contribution in [0.3, 0.4) is 0 Å². The van der Waals surface area contributed by atoms with Crippen LogP contribution in [0.2, 0.25) is 0 Å². The average molecular weight is 234 g/mol. The molecule has 0 radical (unpaired) electrons. The highest BCUT2D eigenvalue weighted by atomic mass is 16.5. The van der Waals surface area contributed by atoms with Crippen molar-refractivity contribution in [3.05, 3.63) is 24.3 Å². The van der Waals surface area contributed by atoms with E-state index >= 15 is 0 Å². The monoisotopic (exact) mass is 234 g/mol. The largest absolute Gasteiger partial charge is 0.476 e. The molecule has 0 saturated heterocycles. The van der Waals surface area contributed by atoms with E-state index in [1.165, 1.54) is 6.33 Å². The lowest BCUT2D eigenvalue weighted by Crippen LogP contribution is -2.05. The van der Waals surface area contributed by atoms with Crippen LogP contribution in [-0.2, 0) is 6.54 Å². The molecule has 2 aromatic heterocycles. The van der Waals surface area contributed by atoms with E-state index in [1.807, 2.05) is 6.92 Å². The molecule has 7 nitrogen and oxygen atoms in total. The van der Waals surface area contributed by atoms with Crippen LogP contribution in [0, 0.1) is 0 Å². The molecule has 0 bridgehead atoms. The molecular weight excluding hydrogens is 220 g/mol. The number of anilines is 2. The molecule has 2 rings (SSSR count). The number of aromatic nitrogens is 4. The molecule has 0 unspecified atom stereocenters. The summed E-state index contributed by atoms with van der Waals surface area (Å²) in [6, 6.07) is 3.54. The maximum absolute atomic E-state index is 5.72. The minimum Gasteiger partial charge on any atom is -0.476 e. The highest BCUT2D eigenvalue weighted by molar-refractivity contribution is 5.53. The van der Waals surface area contributed by atoms with Gasteiger partial charge >= 0.3 is 0 Å². The summed E-state index contributed by atoms with van der Waals surface area (Å²) in [5, 5.41) is 9.60. The molecule has 0 amide bonds. The van der Waals surface area contributed by atoms with E-state index in [4.69, 9.17) is 10.5 Å². The lowest BCUT2D eigenvalue weighted by Gasteiger charge is -2.08. The summed E-state index contributed by atoms with van der Waals surface area (Å²) in [4.78, 5) is 8.24. The van der Waals surface area contributed by atoms with Gasteiger partial charge in [-0.05, 0) is 19.1 Å². The predicted molar refractivity (Wildman–Crippen MR) is 63.5 cm³/mol. The Balaban J connectivity index is 2.03. The second kappa shape index (κ2) is 5.15. The van der Waals surface area contributed by atoms with Gasteiger partial charge < -0.3 is 15.8 Å². The Morgan fingerprint density at radius 3 is 3.06 bits per heavy atom. The number of aromatic amines is 1. The van der Waals surface area contributed by atoms with Crippen LogP contribution in [0.1, 0.15) is 12.7 Å². The van der Waals surface area contributed by atoms with Crippen LogP contribution in [-0.4, -0.2) is 26.8 Å². The normalized spacial score (nSPS) is 10.2. The maximum atomic E-state index is 5.72. The third-order valence-corrected chi connectivity index (χ3v) is 2.07. The van der Waals surface area contributed by atoms with Crippen molar-refractivity contribution in [1.82, 2.24) is 20.2 Å². The standard InChI is InChI=1S/C10H14N6O/c1-2-17-10-7(11)3-4-8(15-10)12-5-9-13-6-14-16-9/h3-4,6H,2,5,11H2,1H3,(H,12,15)(H,13,14,16). The third kappa shape index (κ3) is 2.83. The number of pyridine rings is 1. The van der Waals surface area contributed by atoms with Crippen molar-refractivity contribution in [2.24, 2.45) is 0 Å². The molecule has 7 heteroatoms. The van der Waals surface area contributed by atoms with Gasteiger partial charge in [-0.3, -0.25) is 5.10 Å². The van der Waals surface area contributed by atoms with Crippen LogP contribution < -0.4 is 15.8 Å². The summed E-state index contributed by atoms with van der Waals surface area (Å²) in [6.07, 6.45) is 1.46. The van der Waals surface area contributed by atoms with Crippen LogP contribution in [0.4, 0.5) is 11.5 Å². The number of nitrogen functional groups attached to an aromatic ring is 1. The zero-order valence-corrected chi connectivity index (χ0v) is 9.47. The number of rotatable bonds is 5. The minimum absolute atomic E-state index is 0.440. The topological polar surface area (TPSA) is 102 Å². The summed E-state index contributed by atoms with van der Waals surface area (Å²) >= 11 is 0. The summed E-state index contributed by atoms with van der Waals surface area (Å²) in [5.74, 6) is 1.86. The van der Waals surface area contributed by atoms with Crippen molar-refractivity contribution in [3.8, 4) is 5.88 Å². The first kappa shape index (κ1) is 11.2. The van der Waals surface area contributed by atoms with Crippen molar-refractivity contribution >= 4 is 11.5 Å². The lowest BCUT2D eigenvalue weighted by atomic mass is 10.4. The van der Waals surface area contributed by atoms with E-state index in [0.29, 0.717) is 30.5 Å². The molecule has 17 heavy (non-hydrogen) atoms. The van der Waals surface area contributed by atoms with Crippen molar-refractivity contribution < 1.29 is 4.74 Å². The molecule has 2 heterocycles. The van der Waals surface area contributed by atoms with E-state index in [0.717, 1.165) is 5.82 Å². The van der Waals surface area contributed by atoms with E-state index in [1.54, 1.807) is 12.1 Å². The maximum Gasteiger partial charge on any atom is 0.239 e. The highest BCUT2D eigenvalue weighted by Gasteiger charge is 2.04. The first-order chi connectivity index (χ1) is 8.29. The highest BCUT2D eigenvalue weighted by Crippen LogP contribution is 2.20. The molecular formula is C10H14N6O. The fourth-order valence-electron chi connectivity index (χ4n) is 1.29. The Morgan fingerprint density at radius 1 is 1.47 bits per heavy atom. The SMILES string of the molecule is CCOc1nc(NCc2ncn[nH]2)ccc1N. The number of nitrogens with two attached hydrogens (primary N) is 1. The van der Waals surface area contributed by atoms with E-state index < -0.39 is 0 Å². The number of hydrogen-bond donors (Lipinski definition) is 3. The van der Waals surface area contributed by atoms with Gasteiger partial charge in [0.2, 0.25) is 5.88 Å². The summed E-state index contributed by atoms with van der Waals surface area (Å²) in [6.45, 7) is 2.93. The second-order valence-corrected chi connectivity index (χ2v) is 3.31. The Hall–Kier alpha value is -2.31. The van der Waals surface area contributed by atoms with Gasteiger partial charge in [0.15, 0.2) is 0 Å². The van der Waals surface area contributed by atoms with Gasteiger partial charge in [0, 0.05) is 0 Å². The second-order valence-electron chi connectivity index (χ2n) is 3.31. The summed E-state index contributed by atoms with van der Waals surface area (Å²) in [5.41, 5.74) is 6.25. The molecule has 2 aromatic rings. The fourth-order valence-corrected chi connectivity index (χ4v) is 1.29. The smallest absolute Gasteiger partial charge is 0.239 e. The summed E-state index contributed by atoms with van der Waals surface area (Å²) < 4.78 is 5.30. The average Bonchev–Trinajstić information content (AvgIpc) is 2.83. The van der Waals surface area contributed by atoms with Crippen molar-refractivity contribution in [2.45, 2.75) is 13.5 Å². The molecule has 0 aromatic carbocycles. The Morgan fingerprint density at radius 2 is 2.35 bits per heavy atom. The summed E-state index contributed by atoms with van der Waals surface area (Å²) in [7, 11) is 0. The van der Waals surface area contributed by atoms with Crippen LogP contribution in [0.5, 0.6) is 5.88 Å². The molecule has 0 aliphatic heterocycles. The zero-order valence-electron chi connectivity index (χ0n) is 9.47. The van der Waals surface area contributed by atoms with Crippen LogP contribution in [0.25, 0.3) is 0 Å². The van der Waals surface area contributed by atoms with Gasteiger partial charge in [0.25, 0.3) is 0 Å². The molecule has 0 atom stereocenters. The van der Waals surface area contributed by atoms with Gasteiger partial charge in [-0.1, -0.05) is 0 Å². The minimum atomic E-state index is 0.440. The third-order valence-electron chi connectivity index (χ3n) is 2.07. The molecule has 90 valence electrons. The number of H-pyrrole nitrogens is 1. The number of nitrogens with zero attached hydrogens (tertiary/aromatic N) is 3. The number of hydrogen-bond acceptors (Lipinski definition) is 6. The Labute approximate surface area is 98.4 Å². The van der Waals surface area contributed by atoms with Crippen LogP contribution in [0.15, 0.2) is 18.5 Å². The number of nitrogens with one attached hydrogen (secondary N) is 2. The molecule has 4 N–H and O–H groups in total. The van der Waals surface area contributed by atoms with Gasteiger partial charge in [0.1, 0.15) is 18.0 Å². The molecule has 0 aliphatic rings. The molecule has 0 saturated carbocycles. The molecule has 0 aliphatic carbocycles. The molecule has 0 spiro atoms. The van der Waals surface area contributed by atoms with Gasteiger partial charge in [-0.15, -0.1) is 0 Å². The van der Waals surface area contributed by atoms with Gasteiger partial charge in [-0.2, -0.15) is 10.1 Å². The quantitative estimate of drug-likeness (QED) is 0.707. The van der Waals surface area contributed by atoms with Crippen molar-refractivity contribution in [2.75, 3.05) is 17.7 Å².